The zero-order valence-electron chi connectivity index (χ0n) is 15.0. The van der Waals surface area contributed by atoms with Gasteiger partial charge in [0, 0.05) is 19.3 Å². The Bertz CT molecular complexity index is 506. The van der Waals surface area contributed by atoms with Crippen LogP contribution in [0.25, 0.3) is 0 Å². The average Bonchev–Trinajstić information content (AvgIpc) is 2.51. The summed E-state index contributed by atoms with van der Waals surface area (Å²) < 4.78 is 11.0. The molecule has 0 fully saturated rings. The molecular weight excluding hydrogens is 308 g/mol. The van der Waals surface area contributed by atoms with Gasteiger partial charge in [-0.3, -0.25) is 14.4 Å². The summed E-state index contributed by atoms with van der Waals surface area (Å²) in [4.78, 5) is 34.1. The Morgan fingerprint density at radius 3 is 2.58 bits per heavy atom. The molecule has 0 radical (unpaired) electrons. The quantitative estimate of drug-likeness (QED) is 0.342. The van der Waals surface area contributed by atoms with Gasteiger partial charge in [0.05, 0.1) is 0 Å². The Morgan fingerprint density at radius 2 is 1.96 bits per heavy atom. The van der Waals surface area contributed by atoms with Crippen molar-refractivity contribution >= 4 is 18.2 Å². The van der Waals surface area contributed by atoms with Crippen LogP contribution in [0.1, 0.15) is 53.4 Å². The minimum absolute atomic E-state index is 0.130. The predicted octanol–water partition coefficient (Wildman–Crippen LogP) is 3.38. The largest absolute Gasteiger partial charge is 0.458 e. The van der Waals surface area contributed by atoms with E-state index >= 15 is 0 Å². The molecule has 0 aromatic rings. The first-order chi connectivity index (χ1) is 11.3. The van der Waals surface area contributed by atoms with Crippen LogP contribution in [0, 0.1) is 11.8 Å². The molecule has 134 valence electrons. The number of carbonyl (C=O) groups is 3. The van der Waals surface area contributed by atoms with E-state index in [4.69, 9.17) is 9.47 Å². The first-order valence-corrected chi connectivity index (χ1v) is 8.52. The van der Waals surface area contributed by atoms with Crippen molar-refractivity contribution in [3.63, 3.8) is 0 Å². The number of esters is 2. The van der Waals surface area contributed by atoms with Crippen molar-refractivity contribution in [3.8, 4) is 0 Å². The zero-order valence-corrected chi connectivity index (χ0v) is 15.0. The van der Waals surface area contributed by atoms with Crippen molar-refractivity contribution < 1.29 is 23.9 Å². The normalized spacial score (nSPS) is 29.8. The van der Waals surface area contributed by atoms with E-state index in [1.165, 1.54) is 13.0 Å². The molecule has 0 saturated heterocycles. The van der Waals surface area contributed by atoms with Gasteiger partial charge in [-0.2, -0.15) is 0 Å². The van der Waals surface area contributed by atoms with Gasteiger partial charge in [-0.25, -0.2) is 0 Å². The van der Waals surface area contributed by atoms with Crippen LogP contribution in [0.3, 0.4) is 0 Å². The van der Waals surface area contributed by atoms with E-state index in [0.29, 0.717) is 18.3 Å². The van der Waals surface area contributed by atoms with Gasteiger partial charge in [-0.1, -0.05) is 26.3 Å². The Hall–Kier alpha value is -1.91. The lowest BCUT2D eigenvalue weighted by atomic mass is 9.92. The highest BCUT2D eigenvalue weighted by Crippen LogP contribution is 2.23. The summed E-state index contributed by atoms with van der Waals surface area (Å²) in [7, 11) is 0. The van der Waals surface area contributed by atoms with Gasteiger partial charge in [0.25, 0.3) is 0 Å². The number of hydrogen-bond donors (Lipinski definition) is 0. The summed E-state index contributed by atoms with van der Waals surface area (Å²) in [5.41, 5.74) is 0.699. The maximum atomic E-state index is 12.0. The Morgan fingerprint density at radius 1 is 1.25 bits per heavy atom. The molecule has 1 heterocycles. The zero-order chi connectivity index (χ0) is 18.1. The van der Waals surface area contributed by atoms with Gasteiger partial charge < -0.3 is 9.47 Å². The van der Waals surface area contributed by atoms with Gasteiger partial charge in [0.15, 0.2) is 0 Å². The SMILES string of the molecule is CC(=O)OC1C=CC(C)C(/C(C)=C/C=O)OC(=O)CCCCC1C. The van der Waals surface area contributed by atoms with E-state index in [9.17, 15) is 14.4 Å². The van der Waals surface area contributed by atoms with Crippen molar-refractivity contribution in [3.05, 3.63) is 23.8 Å². The molecule has 1 rings (SSSR count). The molecule has 0 aromatic heterocycles. The molecule has 24 heavy (non-hydrogen) atoms. The Kier molecular flexibility index (Phi) is 8.44. The predicted molar refractivity (Wildman–Crippen MR) is 91.2 cm³/mol. The minimum Gasteiger partial charge on any atom is -0.458 e. The van der Waals surface area contributed by atoms with Crippen LogP contribution in [0.15, 0.2) is 23.8 Å². The smallest absolute Gasteiger partial charge is 0.306 e. The van der Waals surface area contributed by atoms with E-state index in [1.54, 1.807) is 6.92 Å². The lowest BCUT2D eigenvalue weighted by Gasteiger charge is -2.26. The molecule has 0 aromatic carbocycles. The monoisotopic (exact) mass is 336 g/mol. The van der Waals surface area contributed by atoms with Gasteiger partial charge in [-0.05, 0) is 43.4 Å². The number of allylic oxidation sites excluding steroid dienone is 1. The van der Waals surface area contributed by atoms with Gasteiger partial charge in [0.1, 0.15) is 18.5 Å². The van der Waals surface area contributed by atoms with E-state index in [1.807, 2.05) is 26.0 Å². The summed E-state index contributed by atoms with van der Waals surface area (Å²) >= 11 is 0. The van der Waals surface area contributed by atoms with Crippen molar-refractivity contribution in [2.45, 2.75) is 65.6 Å². The van der Waals surface area contributed by atoms with E-state index < -0.39 is 6.10 Å². The molecule has 0 spiro atoms. The highest BCUT2D eigenvalue weighted by atomic mass is 16.5. The molecule has 0 amide bonds. The summed E-state index contributed by atoms with van der Waals surface area (Å²) in [5.74, 6) is -0.507. The third kappa shape index (κ3) is 6.69. The molecule has 1 aliphatic heterocycles. The Balaban J connectivity index is 3.05. The van der Waals surface area contributed by atoms with Crippen molar-refractivity contribution in [2.24, 2.45) is 11.8 Å². The Labute approximate surface area is 144 Å². The van der Waals surface area contributed by atoms with Crippen LogP contribution in [-0.4, -0.2) is 30.4 Å². The van der Waals surface area contributed by atoms with Gasteiger partial charge in [0.2, 0.25) is 0 Å². The molecular formula is C19H28O5. The van der Waals surface area contributed by atoms with Gasteiger partial charge >= 0.3 is 11.9 Å². The van der Waals surface area contributed by atoms with E-state index in [0.717, 1.165) is 19.3 Å². The highest BCUT2D eigenvalue weighted by molar-refractivity contribution is 5.71. The maximum absolute atomic E-state index is 12.0. The van der Waals surface area contributed by atoms with Crippen LogP contribution in [0.4, 0.5) is 0 Å². The van der Waals surface area contributed by atoms with Crippen LogP contribution in [-0.2, 0) is 23.9 Å². The van der Waals surface area contributed by atoms with Crippen LogP contribution in [0.5, 0.6) is 0 Å². The molecule has 4 atom stereocenters. The molecule has 0 N–H and O–H groups in total. The summed E-state index contributed by atoms with van der Waals surface area (Å²) in [5, 5.41) is 0. The fourth-order valence-electron chi connectivity index (χ4n) is 2.84. The lowest BCUT2D eigenvalue weighted by Crippen LogP contribution is -2.28. The summed E-state index contributed by atoms with van der Waals surface area (Å²) in [6.07, 6.45) is 7.91. The molecule has 5 nitrogen and oxygen atoms in total. The van der Waals surface area contributed by atoms with Crippen molar-refractivity contribution in [1.29, 1.82) is 0 Å². The fraction of sp³-hybridized carbons (Fsp3) is 0.632. The minimum atomic E-state index is -0.494. The van der Waals surface area contributed by atoms with E-state index in [-0.39, 0.29) is 29.9 Å². The number of cyclic esters (lactones) is 1. The van der Waals surface area contributed by atoms with Crippen LogP contribution >= 0.6 is 0 Å². The highest BCUT2D eigenvalue weighted by Gasteiger charge is 2.24. The van der Waals surface area contributed by atoms with Crippen molar-refractivity contribution in [1.82, 2.24) is 0 Å². The van der Waals surface area contributed by atoms with Crippen LogP contribution in [0.2, 0.25) is 0 Å². The second-order valence-electron chi connectivity index (χ2n) is 6.50. The number of rotatable bonds is 3. The average molecular weight is 336 g/mol. The number of carbonyl (C=O) groups excluding carboxylic acids is 3. The van der Waals surface area contributed by atoms with Crippen molar-refractivity contribution in [2.75, 3.05) is 0 Å². The third-order valence-electron chi connectivity index (χ3n) is 4.27. The number of hydrogen-bond acceptors (Lipinski definition) is 5. The number of aldehydes is 1. The first kappa shape index (κ1) is 20.1. The first-order valence-electron chi connectivity index (χ1n) is 8.52. The fourth-order valence-corrected chi connectivity index (χ4v) is 2.84. The molecule has 0 aliphatic carbocycles. The standard InChI is InChI=1S/C19H28O5/c1-13-7-5-6-8-18(22)24-19(15(3)11-12-20)14(2)9-10-17(13)23-16(4)21/h9-14,17,19H,5-8H2,1-4H3/b10-9?,15-11+. The number of ether oxygens (including phenoxy) is 2. The topological polar surface area (TPSA) is 69.7 Å². The van der Waals surface area contributed by atoms with Gasteiger partial charge in [-0.15, -0.1) is 0 Å². The summed E-state index contributed by atoms with van der Waals surface area (Å²) in [6, 6.07) is 0. The summed E-state index contributed by atoms with van der Waals surface area (Å²) in [6.45, 7) is 7.13. The molecule has 5 heteroatoms. The molecule has 4 unspecified atom stereocenters. The third-order valence-corrected chi connectivity index (χ3v) is 4.27. The lowest BCUT2D eigenvalue weighted by molar-refractivity contribution is -0.149. The second kappa shape index (κ2) is 10.1. The molecule has 0 saturated carbocycles. The second-order valence-corrected chi connectivity index (χ2v) is 6.50. The molecule has 1 aliphatic rings. The van der Waals surface area contributed by atoms with E-state index in [2.05, 4.69) is 0 Å². The van der Waals surface area contributed by atoms with Crippen LogP contribution < -0.4 is 0 Å². The maximum Gasteiger partial charge on any atom is 0.306 e. The molecule has 0 bridgehead atoms.